The second-order valence-corrected chi connectivity index (χ2v) is 4.32. The van der Waals surface area contributed by atoms with E-state index < -0.39 is 0 Å². The van der Waals surface area contributed by atoms with Crippen LogP contribution in [-0.2, 0) is 11.2 Å². The largest absolute Gasteiger partial charge is 0.508 e. The molecule has 1 unspecified atom stereocenters. The lowest BCUT2D eigenvalue weighted by Crippen LogP contribution is -2.41. The van der Waals surface area contributed by atoms with Gasteiger partial charge in [0.05, 0.1) is 6.04 Å². The predicted molar refractivity (Wildman–Crippen MR) is 62.5 cm³/mol. The van der Waals surface area contributed by atoms with E-state index in [9.17, 15) is 9.90 Å². The molecule has 1 aromatic carbocycles. The molecule has 1 aromatic rings. The molecule has 1 atom stereocenters. The summed E-state index contributed by atoms with van der Waals surface area (Å²) in [7, 11) is 0. The van der Waals surface area contributed by atoms with Crippen LogP contribution in [0.15, 0.2) is 24.3 Å². The number of ketones is 1. The first-order valence-electron chi connectivity index (χ1n) is 5.80. The minimum absolute atomic E-state index is 0.0103. The number of phenols is 1. The van der Waals surface area contributed by atoms with Crippen LogP contribution in [0.3, 0.4) is 0 Å². The van der Waals surface area contributed by atoms with Crippen LogP contribution in [0.5, 0.6) is 5.75 Å². The van der Waals surface area contributed by atoms with Crippen LogP contribution in [0.2, 0.25) is 0 Å². The summed E-state index contributed by atoms with van der Waals surface area (Å²) in [6.07, 6.45) is 3.64. The molecule has 86 valence electrons. The van der Waals surface area contributed by atoms with Crippen molar-refractivity contribution in [2.24, 2.45) is 0 Å². The molecule has 1 saturated heterocycles. The molecule has 3 nitrogen and oxygen atoms in total. The summed E-state index contributed by atoms with van der Waals surface area (Å²) >= 11 is 0. The molecule has 0 aromatic heterocycles. The lowest BCUT2D eigenvalue weighted by Gasteiger charge is -2.22. The number of hydrogen-bond acceptors (Lipinski definition) is 3. The maximum Gasteiger partial charge on any atom is 0.154 e. The molecule has 0 saturated carbocycles. The molecule has 0 amide bonds. The third-order valence-corrected chi connectivity index (χ3v) is 2.99. The summed E-state index contributed by atoms with van der Waals surface area (Å²) in [5.41, 5.74) is 0.886. The molecule has 3 heteroatoms. The Morgan fingerprint density at radius 3 is 3.00 bits per heavy atom. The first-order chi connectivity index (χ1) is 7.75. The SMILES string of the molecule is O=C(Cc1cccc(O)c1)C1CCCCN1. The van der Waals surface area contributed by atoms with Crippen molar-refractivity contribution in [3.05, 3.63) is 29.8 Å². The van der Waals surface area contributed by atoms with Gasteiger partial charge in [-0.05, 0) is 37.1 Å². The zero-order valence-corrected chi connectivity index (χ0v) is 9.28. The molecular formula is C13H17NO2. The smallest absolute Gasteiger partial charge is 0.154 e. The highest BCUT2D eigenvalue weighted by atomic mass is 16.3. The number of rotatable bonds is 3. The molecule has 1 heterocycles. The lowest BCUT2D eigenvalue weighted by atomic mass is 9.97. The molecule has 0 aliphatic carbocycles. The van der Waals surface area contributed by atoms with Gasteiger partial charge in [-0.3, -0.25) is 4.79 Å². The van der Waals surface area contributed by atoms with Gasteiger partial charge in [0.25, 0.3) is 0 Å². The Hall–Kier alpha value is -1.35. The fourth-order valence-corrected chi connectivity index (χ4v) is 2.12. The van der Waals surface area contributed by atoms with Crippen LogP contribution >= 0.6 is 0 Å². The number of carbonyl (C=O) groups excluding carboxylic acids is 1. The molecule has 16 heavy (non-hydrogen) atoms. The summed E-state index contributed by atoms with van der Waals surface area (Å²) in [6.45, 7) is 0.941. The van der Waals surface area contributed by atoms with Crippen molar-refractivity contribution in [1.29, 1.82) is 0 Å². The first kappa shape index (κ1) is 11.1. The zero-order chi connectivity index (χ0) is 11.4. The van der Waals surface area contributed by atoms with E-state index >= 15 is 0 Å². The summed E-state index contributed by atoms with van der Waals surface area (Å²) in [5.74, 6) is 0.451. The Morgan fingerprint density at radius 2 is 2.31 bits per heavy atom. The monoisotopic (exact) mass is 219 g/mol. The number of piperidine rings is 1. The van der Waals surface area contributed by atoms with Crippen LogP contribution in [-0.4, -0.2) is 23.5 Å². The van der Waals surface area contributed by atoms with Crippen molar-refractivity contribution in [3.63, 3.8) is 0 Å². The van der Waals surface area contributed by atoms with Gasteiger partial charge in [0.2, 0.25) is 0 Å². The Morgan fingerprint density at radius 1 is 1.44 bits per heavy atom. The second-order valence-electron chi connectivity index (χ2n) is 4.32. The van der Waals surface area contributed by atoms with E-state index in [0.717, 1.165) is 31.4 Å². The van der Waals surface area contributed by atoms with Crippen LogP contribution in [0.4, 0.5) is 0 Å². The van der Waals surface area contributed by atoms with Gasteiger partial charge in [-0.15, -0.1) is 0 Å². The van der Waals surface area contributed by atoms with Gasteiger partial charge in [0.1, 0.15) is 5.75 Å². The van der Waals surface area contributed by atoms with Gasteiger partial charge >= 0.3 is 0 Å². The number of carbonyl (C=O) groups is 1. The summed E-state index contributed by atoms with van der Waals surface area (Å²) in [6, 6.07) is 6.93. The highest BCUT2D eigenvalue weighted by molar-refractivity contribution is 5.86. The van der Waals surface area contributed by atoms with Crippen molar-refractivity contribution in [2.75, 3.05) is 6.54 Å². The standard InChI is InChI=1S/C13H17NO2/c15-11-5-3-4-10(8-11)9-13(16)12-6-1-2-7-14-12/h3-5,8,12,14-15H,1-2,6-7,9H2. The third-order valence-electron chi connectivity index (χ3n) is 2.99. The molecule has 0 bridgehead atoms. The van der Waals surface area contributed by atoms with E-state index in [1.165, 1.54) is 0 Å². The number of hydrogen-bond donors (Lipinski definition) is 2. The normalized spacial score (nSPS) is 20.6. The molecule has 0 radical (unpaired) electrons. The van der Waals surface area contributed by atoms with E-state index in [0.29, 0.717) is 6.42 Å². The highest BCUT2D eigenvalue weighted by Gasteiger charge is 2.20. The van der Waals surface area contributed by atoms with E-state index in [1.54, 1.807) is 18.2 Å². The Kier molecular flexibility index (Phi) is 3.57. The van der Waals surface area contributed by atoms with Crippen molar-refractivity contribution < 1.29 is 9.90 Å². The van der Waals surface area contributed by atoms with Gasteiger partial charge in [-0.2, -0.15) is 0 Å². The average Bonchev–Trinajstić information content (AvgIpc) is 2.30. The van der Waals surface area contributed by atoms with Gasteiger partial charge in [-0.1, -0.05) is 18.6 Å². The van der Waals surface area contributed by atoms with E-state index in [2.05, 4.69) is 5.32 Å². The lowest BCUT2D eigenvalue weighted by molar-refractivity contribution is -0.120. The number of phenolic OH excluding ortho intramolecular Hbond substituents is 1. The van der Waals surface area contributed by atoms with Gasteiger partial charge in [0, 0.05) is 6.42 Å². The van der Waals surface area contributed by atoms with Gasteiger partial charge in [-0.25, -0.2) is 0 Å². The molecule has 1 aliphatic rings. The Bertz CT molecular complexity index is 370. The van der Waals surface area contributed by atoms with Crippen LogP contribution < -0.4 is 5.32 Å². The zero-order valence-electron chi connectivity index (χ0n) is 9.28. The molecule has 1 fully saturated rings. The summed E-state index contributed by atoms with van der Waals surface area (Å²) < 4.78 is 0. The second kappa shape index (κ2) is 5.12. The number of benzene rings is 1. The van der Waals surface area contributed by atoms with E-state index in [4.69, 9.17) is 0 Å². The number of nitrogens with one attached hydrogen (secondary N) is 1. The Labute approximate surface area is 95.5 Å². The molecular weight excluding hydrogens is 202 g/mol. The minimum atomic E-state index is 0.0103. The number of Topliss-reactive ketones (excluding diaryl/α,β-unsaturated/α-hetero) is 1. The van der Waals surface area contributed by atoms with Crippen molar-refractivity contribution >= 4 is 5.78 Å². The first-order valence-corrected chi connectivity index (χ1v) is 5.80. The summed E-state index contributed by atoms with van der Waals surface area (Å²) in [4.78, 5) is 11.9. The van der Waals surface area contributed by atoms with Crippen LogP contribution in [0.25, 0.3) is 0 Å². The van der Waals surface area contributed by atoms with E-state index in [-0.39, 0.29) is 17.6 Å². The topological polar surface area (TPSA) is 49.3 Å². The molecule has 0 spiro atoms. The number of aromatic hydroxyl groups is 1. The van der Waals surface area contributed by atoms with Gasteiger partial charge in [0.15, 0.2) is 5.78 Å². The Balaban J connectivity index is 1.96. The van der Waals surface area contributed by atoms with Crippen molar-refractivity contribution in [3.8, 4) is 5.75 Å². The van der Waals surface area contributed by atoms with Crippen molar-refractivity contribution in [2.45, 2.75) is 31.7 Å². The predicted octanol–water partition coefficient (Wildman–Crippen LogP) is 1.65. The quantitative estimate of drug-likeness (QED) is 0.812. The fourth-order valence-electron chi connectivity index (χ4n) is 2.12. The van der Waals surface area contributed by atoms with Crippen molar-refractivity contribution in [1.82, 2.24) is 5.32 Å². The van der Waals surface area contributed by atoms with Gasteiger partial charge < -0.3 is 10.4 Å². The molecule has 1 aliphatic heterocycles. The summed E-state index contributed by atoms with van der Waals surface area (Å²) in [5, 5.41) is 12.6. The maximum atomic E-state index is 11.9. The molecule has 2 N–H and O–H groups in total. The van der Waals surface area contributed by atoms with Crippen LogP contribution in [0.1, 0.15) is 24.8 Å². The van der Waals surface area contributed by atoms with Crippen LogP contribution in [0, 0.1) is 0 Å². The fraction of sp³-hybridized carbons (Fsp3) is 0.462. The minimum Gasteiger partial charge on any atom is -0.508 e. The third kappa shape index (κ3) is 2.83. The maximum absolute atomic E-state index is 11.9. The highest BCUT2D eigenvalue weighted by Crippen LogP contribution is 2.14. The molecule has 2 rings (SSSR count). The average molecular weight is 219 g/mol. The van der Waals surface area contributed by atoms with E-state index in [1.807, 2.05) is 6.07 Å².